The minimum absolute atomic E-state index is 0.0492. The Morgan fingerprint density at radius 2 is 2.00 bits per heavy atom. The SMILES string of the molecule is COCCCN1C(=O)S/C(=C/c2cc(Br)ccc2OCc2ccccc2F)C1=O. The molecule has 0 aromatic heterocycles. The second-order valence-corrected chi connectivity index (χ2v) is 8.15. The molecule has 0 atom stereocenters. The van der Waals surface area contributed by atoms with Crippen LogP contribution in [0.2, 0.25) is 0 Å². The number of hydrogen-bond donors (Lipinski definition) is 0. The van der Waals surface area contributed by atoms with Gasteiger partial charge in [-0.1, -0.05) is 34.1 Å². The molecule has 0 unspecified atom stereocenters. The Morgan fingerprint density at radius 3 is 2.76 bits per heavy atom. The van der Waals surface area contributed by atoms with Crippen LogP contribution in [0.4, 0.5) is 9.18 Å². The molecule has 152 valence electrons. The van der Waals surface area contributed by atoms with E-state index in [0.29, 0.717) is 41.4 Å². The van der Waals surface area contributed by atoms with Gasteiger partial charge >= 0.3 is 0 Å². The standard InChI is InChI=1S/C21H19BrFNO4S/c1-27-10-4-9-24-20(25)19(29-21(24)26)12-15-11-16(22)7-8-18(15)28-13-14-5-2-3-6-17(14)23/h2-3,5-8,11-12H,4,9-10,13H2,1H3/b19-12+. The highest BCUT2D eigenvalue weighted by molar-refractivity contribution is 9.10. The Morgan fingerprint density at radius 1 is 1.21 bits per heavy atom. The first-order valence-corrected chi connectivity index (χ1v) is 10.5. The average molecular weight is 480 g/mol. The quantitative estimate of drug-likeness (QED) is 0.382. The van der Waals surface area contributed by atoms with Gasteiger partial charge in [0.05, 0.1) is 4.91 Å². The molecule has 5 nitrogen and oxygen atoms in total. The fourth-order valence-electron chi connectivity index (χ4n) is 2.74. The Hall–Kier alpha value is -2.16. The third-order valence-electron chi connectivity index (χ3n) is 4.20. The van der Waals surface area contributed by atoms with Gasteiger partial charge in [0.15, 0.2) is 0 Å². The molecule has 0 saturated carbocycles. The minimum Gasteiger partial charge on any atom is -0.488 e. The van der Waals surface area contributed by atoms with Gasteiger partial charge in [0.2, 0.25) is 0 Å². The lowest BCUT2D eigenvalue weighted by molar-refractivity contribution is -0.122. The Bertz CT molecular complexity index is 950. The van der Waals surface area contributed by atoms with Crippen molar-refractivity contribution in [3.05, 3.63) is 68.8 Å². The number of methoxy groups -OCH3 is 1. The van der Waals surface area contributed by atoms with Crippen molar-refractivity contribution in [1.29, 1.82) is 0 Å². The summed E-state index contributed by atoms with van der Waals surface area (Å²) < 4.78 is 25.4. The number of nitrogens with zero attached hydrogens (tertiary/aromatic N) is 1. The van der Waals surface area contributed by atoms with Crippen molar-refractivity contribution in [1.82, 2.24) is 4.90 Å². The Balaban J connectivity index is 1.79. The highest BCUT2D eigenvalue weighted by Crippen LogP contribution is 2.35. The summed E-state index contributed by atoms with van der Waals surface area (Å²) in [4.78, 5) is 26.3. The van der Waals surface area contributed by atoms with Crippen molar-refractivity contribution in [2.45, 2.75) is 13.0 Å². The molecule has 2 amide bonds. The summed E-state index contributed by atoms with van der Waals surface area (Å²) in [6.07, 6.45) is 2.21. The van der Waals surface area contributed by atoms with E-state index < -0.39 is 0 Å². The van der Waals surface area contributed by atoms with Crippen molar-refractivity contribution in [2.24, 2.45) is 0 Å². The van der Waals surface area contributed by atoms with E-state index in [9.17, 15) is 14.0 Å². The lowest BCUT2D eigenvalue weighted by atomic mass is 10.1. The lowest BCUT2D eigenvalue weighted by Gasteiger charge is -2.12. The van der Waals surface area contributed by atoms with Gasteiger partial charge in [0.25, 0.3) is 11.1 Å². The van der Waals surface area contributed by atoms with E-state index >= 15 is 0 Å². The third-order valence-corrected chi connectivity index (χ3v) is 5.60. The van der Waals surface area contributed by atoms with Crippen LogP contribution >= 0.6 is 27.7 Å². The minimum atomic E-state index is -0.344. The maximum Gasteiger partial charge on any atom is 0.293 e. The van der Waals surface area contributed by atoms with Crippen LogP contribution in [-0.4, -0.2) is 36.3 Å². The molecule has 1 fully saturated rings. The fourth-order valence-corrected chi connectivity index (χ4v) is 3.97. The number of carbonyl (C=O) groups excluding carboxylic acids is 2. The molecule has 3 rings (SSSR count). The number of carbonyl (C=O) groups is 2. The van der Waals surface area contributed by atoms with Gasteiger partial charge in [0.1, 0.15) is 18.2 Å². The van der Waals surface area contributed by atoms with Crippen LogP contribution in [0.25, 0.3) is 6.08 Å². The van der Waals surface area contributed by atoms with E-state index in [1.54, 1.807) is 49.6 Å². The van der Waals surface area contributed by atoms with Gasteiger partial charge < -0.3 is 9.47 Å². The predicted molar refractivity (Wildman–Crippen MR) is 114 cm³/mol. The zero-order chi connectivity index (χ0) is 20.8. The maximum absolute atomic E-state index is 13.9. The zero-order valence-electron chi connectivity index (χ0n) is 15.7. The summed E-state index contributed by atoms with van der Waals surface area (Å²) in [6, 6.07) is 11.7. The van der Waals surface area contributed by atoms with Crippen LogP contribution < -0.4 is 4.74 Å². The van der Waals surface area contributed by atoms with Crippen LogP contribution in [0.3, 0.4) is 0 Å². The normalized spacial score (nSPS) is 15.4. The van der Waals surface area contributed by atoms with E-state index in [0.717, 1.165) is 16.2 Å². The number of amides is 2. The third kappa shape index (κ3) is 5.46. The molecule has 0 radical (unpaired) electrons. The molecule has 0 N–H and O–H groups in total. The molecule has 0 aliphatic carbocycles. The molecule has 1 heterocycles. The number of thioether (sulfide) groups is 1. The van der Waals surface area contributed by atoms with Crippen LogP contribution in [-0.2, 0) is 16.1 Å². The molecule has 29 heavy (non-hydrogen) atoms. The lowest BCUT2D eigenvalue weighted by Crippen LogP contribution is -2.29. The maximum atomic E-state index is 13.9. The molecule has 0 bridgehead atoms. The molecule has 1 aliphatic heterocycles. The van der Waals surface area contributed by atoms with E-state index in [-0.39, 0.29) is 23.6 Å². The summed E-state index contributed by atoms with van der Waals surface area (Å²) in [5.41, 5.74) is 1.05. The first-order chi connectivity index (χ1) is 14.0. The highest BCUT2D eigenvalue weighted by Gasteiger charge is 2.34. The van der Waals surface area contributed by atoms with Crippen molar-refractivity contribution in [2.75, 3.05) is 20.3 Å². The van der Waals surface area contributed by atoms with Crippen molar-refractivity contribution in [3.63, 3.8) is 0 Å². The molecular formula is C21H19BrFNO4S. The summed E-state index contributed by atoms with van der Waals surface area (Å²) in [5, 5.41) is -0.304. The largest absolute Gasteiger partial charge is 0.488 e. The number of halogens is 2. The molecule has 0 spiro atoms. The number of rotatable bonds is 8. The molecule has 8 heteroatoms. The van der Waals surface area contributed by atoms with Crippen molar-refractivity contribution < 1.29 is 23.5 Å². The second-order valence-electron chi connectivity index (χ2n) is 6.24. The zero-order valence-corrected chi connectivity index (χ0v) is 18.1. The van der Waals surface area contributed by atoms with Gasteiger partial charge in [0, 0.05) is 35.9 Å². The van der Waals surface area contributed by atoms with Crippen LogP contribution in [0.15, 0.2) is 51.8 Å². The molecular weight excluding hydrogens is 461 g/mol. The summed E-state index contributed by atoms with van der Waals surface area (Å²) in [5.74, 6) is -0.192. The smallest absolute Gasteiger partial charge is 0.293 e. The number of ether oxygens (including phenoxy) is 2. The monoisotopic (exact) mass is 479 g/mol. The highest BCUT2D eigenvalue weighted by atomic mass is 79.9. The van der Waals surface area contributed by atoms with E-state index in [1.165, 1.54) is 11.0 Å². The summed E-state index contributed by atoms with van der Waals surface area (Å²) in [6.45, 7) is 0.832. The Labute approximate surface area is 181 Å². The molecule has 2 aromatic carbocycles. The molecule has 1 aliphatic rings. The van der Waals surface area contributed by atoms with Crippen molar-refractivity contribution >= 4 is 44.9 Å². The van der Waals surface area contributed by atoms with Gasteiger partial charge in [-0.05, 0) is 48.5 Å². The van der Waals surface area contributed by atoms with E-state index in [2.05, 4.69) is 15.9 Å². The van der Waals surface area contributed by atoms with Gasteiger partial charge in [-0.2, -0.15) is 0 Å². The summed E-state index contributed by atoms with van der Waals surface area (Å²) >= 11 is 4.30. The fraction of sp³-hybridized carbons (Fsp3) is 0.238. The van der Waals surface area contributed by atoms with Gasteiger partial charge in [-0.3, -0.25) is 14.5 Å². The van der Waals surface area contributed by atoms with E-state index in [4.69, 9.17) is 9.47 Å². The number of hydrogen-bond acceptors (Lipinski definition) is 5. The average Bonchev–Trinajstić information content (AvgIpc) is 2.96. The van der Waals surface area contributed by atoms with Gasteiger partial charge in [-0.15, -0.1) is 0 Å². The van der Waals surface area contributed by atoms with Crippen LogP contribution in [0, 0.1) is 5.82 Å². The van der Waals surface area contributed by atoms with E-state index in [1.807, 2.05) is 0 Å². The predicted octanol–water partition coefficient (Wildman–Crippen LogP) is 5.24. The number of imide groups is 1. The second kappa shape index (κ2) is 10.0. The molecule has 1 saturated heterocycles. The van der Waals surface area contributed by atoms with Crippen LogP contribution in [0.1, 0.15) is 17.5 Å². The van der Waals surface area contributed by atoms with Gasteiger partial charge in [-0.25, -0.2) is 4.39 Å². The van der Waals surface area contributed by atoms with Crippen LogP contribution in [0.5, 0.6) is 5.75 Å². The molecule has 2 aromatic rings. The van der Waals surface area contributed by atoms with Crippen molar-refractivity contribution in [3.8, 4) is 5.75 Å². The Kier molecular flexibility index (Phi) is 7.46. The first kappa shape index (κ1) is 21.5. The first-order valence-electron chi connectivity index (χ1n) is 8.89. The number of benzene rings is 2. The topological polar surface area (TPSA) is 55.8 Å². The summed E-state index contributed by atoms with van der Waals surface area (Å²) in [7, 11) is 1.57.